The van der Waals surface area contributed by atoms with E-state index in [-0.39, 0.29) is 0 Å². The number of carbonyl (C=O) groups is 2. The number of amides is 2. The Kier molecular flexibility index (Phi) is 4.69. The van der Waals surface area contributed by atoms with Crippen LogP contribution in [0.15, 0.2) is 12.2 Å². The van der Waals surface area contributed by atoms with E-state index in [4.69, 9.17) is 5.11 Å². The standard InChI is InChI=1S/C9H16N2O3/c1-6(2)5-11(4)9(14)10-7(3)8(12)13/h7H,1,5H2,2-4H3,(H,10,14)(H,12,13). The van der Waals surface area contributed by atoms with Crippen molar-refractivity contribution in [2.45, 2.75) is 19.9 Å². The van der Waals surface area contributed by atoms with Crippen molar-refractivity contribution >= 4 is 12.0 Å². The van der Waals surface area contributed by atoms with Gasteiger partial charge in [-0.15, -0.1) is 0 Å². The predicted octanol–water partition coefficient (Wildman–Crippen LogP) is 0.677. The maximum Gasteiger partial charge on any atom is 0.325 e. The van der Waals surface area contributed by atoms with Crippen LogP contribution in [0.4, 0.5) is 4.79 Å². The van der Waals surface area contributed by atoms with Crippen molar-refractivity contribution in [1.29, 1.82) is 0 Å². The molecule has 0 aromatic heterocycles. The van der Waals surface area contributed by atoms with Crippen LogP contribution >= 0.6 is 0 Å². The zero-order chi connectivity index (χ0) is 11.3. The number of rotatable bonds is 4. The summed E-state index contributed by atoms with van der Waals surface area (Å²) in [5.41, 5.74) is 0.839. The molecule has 0 aromatic carbocycles. The molecule has 0 bridgehead atoms. The van der Waals surface area contributed by atoms with Gasteiger partial charge in [0.15, 0.2) is 0 Å². The second-order valence-corrected chi connectivity index (χ2v) is 3.32. The molecule has 1 unspecified atom stereocenters. The highest BCUT2D eigenvalue weighted by Crippen LogP contribution is 1.94. The Morgan fingerprint density at radius 2 is 2.07 bits per heavy atom. The van der Waals surface area contributed by atoms with Gasteiger partial charge in [0.25, 0.3) is 0 Å². The SMILES string of the molecule is C=C(C)CN(C)C(=O)NC(C)C(=O)O. The first-order valence-corrected chi connectivity index (χ1v) is 4.23. The van der Waals surface area contributed by atoms with E-state index in [9.17, 15) is 9.59 Å². The van der Waals surface area contributed by atoms with Gasteiger partial charge in [0.05, 0.1) is 0 Å². The first-order valence-electron chi connectivity index (χ1n) is 4.23. The topological polar surface area (TPSA) is 69.6 Å². The van der Waals surface area contributed by atoms with Gasteiger partial charge in [-0.3, -0.25) is 4.79 Å². The fourth-order valence-electron chi connectivity index (χ4n) is 0.834. The molecule has 0 spiro atoms. The van der Waals surface area contributed by atoms with Crippen LogP contribution in [-0.2, 0) is 4.79 Å². The molecular weight excluding hydrogens is 184 g/mol. The Hall–Kier alpha value is -1.52. The summed E-state index contributed by atoms with van der Waals surface area (Å²) < 4.78 is 0. The van der Waals surface area contributed by atoms with Crippen LogP contribution in [0, 0.1) is 0 Å². The molecule has 0 aliphatic carbocycles. The summed E-state index contributed by atoms with van der Waals surface area (Å²) >= 11 is 0. The van der Waals surface area contributed by atoms with Crippen molar-refractivity contribution in [3.63, 3.8) is 0 Å². The Balaban J connectivity index is 4.07. The van der Waals surface area contributed by atoms with Crippen molar-refractivity contribution in [2.24, 2.45) is 0 Å². The van der Waals surface area contributed by atoms with Crippen LogP contribution in [-0.4, -0.2) is 41.6 Å². The van der Waals surface area contributed by atoms with Crippen molar-refractivity contribution < 1.29 is 14.7 Å². The zero-order valence-corrected chi connectivity index (χ0v) is 8.70. The monoisotopic (exact) mass is 200 g/mol. The molecule has 0 saturated carbocycles. The van der Waals surface area contributed by atoms with Gasteiger partial charge < -0.3 is 15.3 Å². The van der Waals surface area contributed by atoms with Crippen molar-refractivity contribution in [3.8, 4) is 0 Å². The van der Waals surface area contributed by atoms with Crippen LogP contribution in [0.5, 0.6) is 0 Å². The van der Waals surface area contributed by atoms with Crippen molar-refractivity contribution in [1.82, 2.24) is 10.2 Å². The second-order valence-electron chi connectivity index (χ2n) is 3.32. The lowest BCUT2D eigenvalue weighted by molar-refractivity contribution is -0.138. The number of carboxylic acids is 1. The molecule has 0 fully saturated rings. The Morgan fingerprint density at radius 3 is 2.43 bits per heavy atom. The molecular formula is C9H16N2O3. The molecule has 5 nitrogen and oxygen atoms in total. The number of hydrogen-bond donors (Lipinski definition) is 2. The number of urea groups is 1. The quantitative estimate of drug-likeness (QED) is 0.655. The van der Waals surface area contributed by atoms with Crippen LogP contribution in [0.1, 0.15) is 13.8 Å². The molecule has 1 atom stereocenters. The summed E-state index contributed by atoms with van der Waals surface area (Å²) in [6.45, 7) is 7.28. The van der Waals surface area contributed by atoms with E-state index in [1.165, 1.54) is 11.8 Å². The highest BCUT2D eigenvalue weighted by molar-refractivity contribution is 5.82. The average Bonchev–Trinajstić information content (AvgIpc) is 2.02. The summed E-state index contributed by atoms with van der Waals surface area (Å²) in [6, 6.07) is -1.29. The van der Waals surface area contributed by atoms with Crippen LogP contribution in [0.25, 0.3) is 0 Å². The van der Waals surface area contributed by atoms with Gasteiger partial charge in [-0.05, 0) is 13.8 Å². The van der Waals surface area contributed by atoms with E-state index < -0.39 is 18.0 Å². The van der Waals surface area contributed by atoms with Gasteiger partial charge in [0.2, 0.25) is 0 Å². The van der Waals surface area contributed by atoms with Gasteiger partial charge in [0.1, 0.15) is 6.04 Å². The predicted molar refractivity (Wildman–Crippen MR) is 53.1 cm³/mol. The van der Waals surface area contributed by atoms with Crippen LogP contribution in [0.2, 0.25) is 0 Å². The van der Waals surface area contributed by atoms with E-state index >= 15 is 0 Å². The number of nitrogens with one attached hydrogen (secondary N) is 1. The summed E-state index contributed by atoms with van der Waals surface area (Å²) in [7, 11) is 1.58. The molecule has 0 heterocycles. The van der Waals surface area contributed by atoms with Gasteiger partial charge in [-0.25, -0.2) is 4.79 Å². The minimum atomic E-state index is -1.05. The third-order valence-electron chi connectivity index (χ3n) is 1.56. The van der Waals surface area contributed by atoms with Crippen molar-refractivity contribution in [3.05, 3.63) is 12.2 Å². The van der Waals surface area contributed by atoms with E-state index in [1.807, 2.05) is 0 Å². The highest BCUT2D eigenvalue weighted by Gasteiger charge is 2.16. The maximum atomic E-state index is 11.3. The maximum absolute atomic E-state index is 11.3. The molecule has 2 amide bonds. The van der Waals surface area contributed by atoms with E-state index in [2.05, 4.69) is 11.9 Å². The number of carbonyl (C=O) groups excluding carboxylic acids is 1. The molecule has 0 aromatic rings. The molecule has 14 heavy (non-hydrogen) atoms. The van der Waals surface area contributed by atoms with Crippen LogP contribution in [0.3, 0.4) is 0 Å². The smallest absolute Gasteiger partial charge is 0.325 e. The number of nitrogens with zero attached hydrogens (tertiary/aromatic N) is 1. The number of carboxylic acid groups (broad SMARTS) is 1. The third kappa shape index (κ3) is 4.49. The minimum absolute atomic E-state index is 0.414. The van der Waals surface area contributed by atoms with E-state index in [0.29, 0.717) is 6.54 Å². The van der Waals surface area contributed by atoms with Gasteiger partial charge >= 0.3 is 12.0 Å². The van der Waals surface area contributed by atoms with Crippen molar-refractivity contribution in [2.75, 3.05) is 13.6 Å². The molecule has 0 radical (unpaired) electrons. The summed E-state index contributed by atoms with van der Waals surface area (Å²) in [4.78, 5) is 23.1. The largest absolute Gasteiger partial charge is 0.480 e. The second kappa shape index (κ2) is 5.26. The summed E-state index contributed by atoms with van der Waals surface area (Å²) in [5, 5.41) is 10.9. The first-order chi connectivity index (χ1) is 6.34. The normalized spacial score (nSPS) is 11.6. The number of likely N-dealkylation sites (N-methyl/N-ethyl adjacent to an activating group) is 1. The molecule has 0 saturated heterocycles. The van der Waals surface area contributed by atoms with E-state index in [0.717, 1.165) is 5.57 Å². The lowest BCUT2D eigenvalue weighted by atomic mass is 10.3. The third-order valence-corrected chi connectivity index (χ3v) is 1.56. The molecule has 2 N–H and O–H groups in total. The Labute approximate surface area is 83.4 Å². The lowest BCUT2D eigenvalue weighted by Gasteiger charge is -2.19. The Bertz CT molecular complexity index is 250. The highest BCUT2D eigenvalue weighted by atomic mass is 16.4. The average molecular weight is 200 g/mol. The summed E-state index contributed by atoms with van der Waals surface area (Å²) in [6.07, 6.45) is 0. The van der Waals surface area contributed by atoms with Gasteiger partial charge in [0, 0.05) is 13.6 Å². The fraction of sp³-hybridized carbons (Fsp3) is 0.556. The van der Waals surface area contributed by atoms with Gasteiger partial charge in [-0.1, -0.05) is 12.2 Å². The molecule has 80 valence electrons. The summed E-state index contributed by atoms with van der Waals surface area (Å²) in [5.74, 6) is -1.05. The fourth-order valence-corrected chi connectivity index (χ4v) is 0.834. The van der Waals surface area contributed by atoms with Crippen LogP contribution < -0.4 is 5.32 Å². The minimum Gasteiger partial charge on any atom is -0.480 e. The Morgan fingerprint density at radius 1 is 1.57 bits per heavy atom. The molecule has 0 aliphatic rings. The lowest BCUT2D eigenvalue weighted by Crippen LogP contribution is -2.45. The molecule has 0 rings (SSSR count). The molecule has 0 aliphatic heterocycles. The van der Waals surface area contributed by atoms with E-state index in [1.54, 1.807) is 14.0 Å². The zero-order valence-electron chi connectivity index (χ0n) is 8.70. The molecule has 5 heteroatoms. The van der Waals surface area contributed by atoms with Gasteiger partial charge in [-0.2, -0.15) is 0 Å². The first kappa shape index (κ1) is 12.5. The number of aliphatic carboxylic acids is 1. The number of hydrogen-bond acceptors (Lipinski definition) is 2.